The highest BCUT2D eigenvalue weighted by molar-refractivity contribution is 7.23. The Kier molecular flexibility index (Phi) is 7.84. The maximum Gasteiger partial charge on any atom is 0.0541 e. The summed E-state index contributed by atoms with van der Waals surface area (Å²) in [6.45, 7) is 2.22. The monoisotopic (exact) mass is 749 g/mol. The Morgan fingerprint density at radius 3 is 1.59 bits per heavy atom. The van der Waals surface area contributed by atoms with Crippen molar-refractivity contribution < 1.29 is 0 Å². The third-order valence-electron chi connectivity index (χ3n) is 11.2. The quantitative estimate of drug-likeness (QED) is 0.149. The number of para-hydroxylation sites is 2. The molecule has 56 heavy (non-hydrogen) atoms. The van der Waals surface area contributed by atoms with E-state index in [0.29, 0.717) is 0 Å². The summed E-state index contributed by atoms with van der Waals surface area (Å²) in [7, 11) is 0. The molecule has 0 N–H and O–H groups in total. The van der Waals surface area contributed by atoms with Gasteiger partial charge in [0.15, 0.2) is 0 Å². The Balaban J connectivity index is 0.922. The summed E-state index contributed by atoms with van der Waals surface area (Å²) in [5, 5.41) is 9.15. The van der Waals surface area contributed by atoms with Gasteiger partial charge in [-0.3, -0.25) is 0 Å². The second-order valence-corrected chi connectivity index (χ2v) is 16.6. The van der Waals surface area contributed by atoms with Gasteiger partial charge in [-0.1, -0.05) is 158 Å². The van der Waals surface area contributed by atoms with Gasteiger partial charge in [-0.05, 0) is 87.3 Å². The second-order valence-electron chi connectivity index (χ2n) is 14.5. The summed E-state index contributed by atoms with van der Waals surface area (Å²) in [6, 6.07) is 66.5. The fraction of sp³-hybridized carbons (Fsp3) is 0.0189. The van der Waals surface area contributed by atoms with Crippen LogP contribution in [0, 0.1) is 6.92 Å². The summed E-state index contributed by atoms with van der Waals surface area (Å²) in [4.78, 5) is 3.86. The molecule has 11 aromatic rings. The van der Waals surface area contributed by atoms with Crippen molar-refractivity contribution in [3.8, 4) is 37.0 Å². The molecule has 0 saturated heterocycles. The van der Waals surface area contributed by atoms with Crippen LogP contribution in [0.2, 0.25) is 0 Å². The number of nitrogens with zero attached hydrogens (tertiary/aromatic N) is 1. The minimum absolute atomic E-state index is 1.18. The van der Waals surface area contributed by atoms with E-state index < -0.39 is 0 Å². The SMILES string of the molecule is Cc1ccccc1-c1sc2c3ccccc3c3ccccc3c2c1/C=C/c1ccc(-c2ccc(-c3ccc(-n4c5ccccc5c5ccccc54)cc3)s2)cc1. The van der Waals surface area contributed by atoms with Crippen LogP contribution in [0.3, 0.4) is 0 Å². The molecule has 0 saturated carbocycles. The van der Waals surface area contributed by atoms with Gasteiger partial charge in [-0.15, -0.1) is 22.7 Å². The number of hydrogen-bond donors (Lipinski definition) is 0. The van der Waals surface area contributed by atoms with Crippen molar-refractivity contribution in [2.75, 3.05) is 0 Å². The van der Waals surface area contributed by atoms with Crippen LogP contribution in [0.15, 0.2) is 182 Å². The van der Waals surface area contributed by atoms with Gasteiger partial charge in [0.2, 0.25) is 0 Å². The summed E-state index contributed by atoms with van der Waals surface area (Å²) >= 11 is 3.77. The average molecular weight is 750 g/mol. The second kappa shape index (κ2) is 13.3. The fourth-order valence-corrected chi connectivity index (χ4v) is 11.0. The van der Waals surface area contributed by atoms with Crippen LogP contribution in [0.4, 0.5) is 0 Å². The van der Waals surface area contributed by atoms with Gasteiger partial charge in [-0.25, -0.2) is 0 Å². The van der Waals surface area contributed by atoms with Crippen LogP contribution in [0.5, 0.6) is 0 Å². The lowest BCUT2D eigenvalue weighted by Crippen LogP contribution is -1.93. The molecule has 3 aromatic heterocycles. The number of hydrogen-bond acceptors (Lipinski definition) is 2. The van der Waals surface area contributed by atoms with Crippen molar-refractivity contribution in [3.05, 3.63) is 199 Å². The van der Waals surface area contributed by atoms with Crippen molar-refractivity contribution in [1.29, 1.82) is 0 Å². The first-order chi connectivity index (χ1) is 27.7. The Morgan fingerprint density at radius 2 is 0.946 bits per heavy atom. The van der Waals surface area contributed by atoms with E-state index in [1.165, 1.54) is 107 Å². The minimum atomic E-state index is 1.18. The third-order valence-corrected chi connectivity index (χ3v) is 13.7. The maximum atomic E-state index is 2.37. The van der Waals surface area contributed by atoms with Gasteiger partial charge in [-0.2, -0.15) is 0 Å². The first-order valence-corrected chi connectivity index (χ1v) is 20.7. The van der Waals surface area contributed by atoms with Crippen LogP contribution < -0.4 is 0 Å². The molecule has 0 aliphatic carbocycles. The number of thiophene rings is 2. The van der Waals surface area contributed by atoms with Gasteiger partial charge in [0.25, 0.3) is 0 Å². The Morgan fingerprint density at radius 1 is 0.429 bits per heavy atom. The molecule has 11 rings (SSSR count). The van der Waals surface area contributed by atoms with E-state index in [1.54, 1.807) is 0 Å². The first-order valence-electron chi connectivity index (χ1n) is 19.1. The van der Waals surface area contributed by atoms with Crippen molar-refractivity contribution in [1.82, 2.24) is 4.57 Å². The van der Waals surface area contributed by atoms with Gasteiger partial charge >= 0.3 is 0 Å². The molecule has 0 amide bonds. The maximum absolute atomic E-state index is 2.37. The number of aromatic nitrogens is 1. The van der Waals surface area contributed by atoms with E-state index in [4.69, 9.17) is 0 Å². The zero-order chi connectivity index (χ0) is 37.2. The smallest absolute Gasteiger partial charge is 0.0541 e. The summed E-state index contributed by atoms with van der Waals surface area (Å²) in [5.74, 6) is 0. The van der Waals surface area contributed by atoms with Crippen LogP contribution in [0.1, 0.15) is 16.7 Å². The zero-order valence-corrected chi connectivity index (χ0v) is 32.4. The van der Waals surface area contributed by atoms with Crippen LogP contribution in [-0.4, -0.2) is 4.57 Å². The lowest BCUT2D eigenvalue weighted by atomic mass is 9.94. The first kappa shape index (κ1) is 32.9. The Labute approximate surface area is 333 Å². The molecule has 8 aromatic carbocycles. The van der Waals surface area contributed by atoms with E-state index in [-0.39, 0.29) is 0 Å². The highest BCUT2D eigenvalue weighted by Crippen LogP contribution is 2.47. The molecule has 0 aliphatic heterocycles. The molecule has 0 bridgehead atoms. The van der Waals surface area contributed by atoms with E-state index in [2.05, 4.69) is 206 Å². The lowest BCUT2D eigenvalue weighted by molar-refractivity contribution is 1.18. The molecule has 0 aliphatic rings. The highest BCUT2D eigenvalue weighted by Gasteiger charge is 2.19. The van der Waals surface area contributed by atoms with Crippen LogP contribution in [-0.2, 0) is 0 Å². The predicted octanol–water partition coefficient (Wildman–Crippen LogP) is 15.8. The molecule has 3 heterocycles. The molecule has 3 heteroatoms. The van der Waals surface area contributed by atoms with Gasteiger partial charge in [0, 0.05) is 52.1 Å². The molecular formula is C53H35NS2. The molecule has 0 unspecified atom stereocenters. The van der Waals surface area contributed by atoms with E-state index in [9.17, 15) is 0 Å². The predicted molar refractivity (Wildman–Crippen MR) is 245 cm³/mol. The summed E-state index contributed by atoms with van der Waals surface area (Å²) in [6.07, 6.45) is 4.64. The molecule has 0 fully saturated rings. The lowest BCUT2D eigenvalue weighted by Gasteiger charge is -2.08. The minimum Gasteiger partial charge on any atom is -0.309 e. The van der Waals surface area contributed by atoms with Gasteiger partial charge < -0.3 is 4.57 Å². The number of benzene rings is 8. The van der Waals surface area contributed by atoms with Crippen molar-refractivity contribution in [3.63, 3.8) is 0 Å². The van der Waals surface area contributed by atoms with E-state index in [0.717, 1.165) is 0 Å². The molecule has 0 atom stereocenters. The Bertz CT molecular complexity index is 3240. The van der Waals surface area contributed by atoms with E-state index >= 15 is 0 Å². The van der Waals surface area contributed by atoms with Crippen molar-refractivity contribution >= 4 is 88.3 Å². The van der Waals surface area contributed by atoms with Gasteiger partial charge in [0.05, 0.1) is 11.0 Å². The molecule has 0 spiro atoms. The molecule has 264 valence electrons. The molecule has 1 nitrogen and oxygen atoms in total. The molecule has 0 radical (unpaired) electrons. The standard InChI is InChI=1S/C53H35NS2/c1-34-12-2-3-13-39(34)52-46(51-44-18-6-4-14-40(44)41-15-5-7-19-45(41)53(51)56-52)31-24-35-22-25-36(26-23-35)49-32-33-50(55-49)37-27-29-38(30-28-37)54-47-20-10-8-16-42(47)43-17-9-11-21-48(43)54/h2-33H,1H3/b31-24+. The summed E-state index contributed by atoms with van der Waals surface area (Å²) in [5.41, 5.74) is 11.2. The molecular weight excluding hydrogens is 715 g/mol. The number of fused-ring (bicyclic) bond motifs is 9. The normalized spacial score (nSPS) is 11.9. The third kappa shape index (κ3) is 5.35. The largest absolute Gasteiger partial charge is 0.309 e. The fourth-order valence-electron chi connectivity index (χ4n) is 8.50. The van der Waals surface area contributed by atoms with E-state index in [1.807, 2.05) is 22.7 Å². The number of rotatable bonds is 6. The van der Waals surface area contributed by atoms with Crippen molar-refractivity contribution in [2.45, 2.75) is 6.92 Å². The topological polar surface area (TPSA) is 4.93 Å². The summed E-state index contributed by atoms with van der Waals surface area (Å²) < 4.78 is 3.72. The highest BCUT2D eigenvalue weighted by atomic mass is 32.1. The Hall–Kier alpha value is -6.52. The van der Waals surface area contributed by atoms with Crippen molar-refractivity contribution in [2.24, 2.45) is 0 Å². The van der Waals surface area contributed by atoms with Gasteiger partial charge in [0.1, 0.15) is 0 Å². The average Bonchev–Trinajstić information content (AvgIpc) is 3.99. The zero-order valence-electron chi connectivity index (χ0n) is 30.7. The number of aryl methyl sites for hydroxylation is 1. The van der Waals surface area contributed by atoms with Crippen LogP contribution in [0.25, 0.3) is 103 Å². The van der Waals surface area contributed by atoms with Crippen LogP contribution >= 0.6 is 22.7 Å².